The largest absolute Gasteiger partial charge is 0.573 e. The van der Waals surface area contributed by atoms with Crippen molar-refractivity contribution in [1.82, 2.24) is 0 Å². The van der Waals surface area contributed by atoms with Gasteiger partial charge in [-0.05, 0) is 17.7 Å². The fourth-order valence-corrected chi connectivity index (χ4v) is 1.43. The zero-order valence-corrected chi connectivity index (χ0v) is 11.4. The smallest absolute Gasteiger partial charge is 0.406 e. The first-order valence-corrected chi connectivity index (χ1v) is 5.38. The van der Waals surface area contributed by atoms with Crippen LogP contribution in [0.3, 0.4) is 0 Å². The Morgan fingerprint density at radius 2 is 1.68 bits per heavy atom. The van der Waals surface area contributed by atoms with Gasteiger partial charge < -0.3 is 15.6 Å². The highest BCUT2D eigenvalue weighted by Gasteiger charge is 2.31. The zero-order chi connectivity index (χ0) is 14.0. The highest BCUT2D eigenvalue weighted by atomic mass is 35.5. The topological polar surface area (TPSA) is 55.5 Å². The second kappa shape index (κ2) is 6.45. The summed E-state index contributed by atoms with van der Waals surface area (Å²) < 4.78 is 39.7. The molecule has 7 heteroatoms. The van der Waals surface area contributed by atoms with Crippen LogP contribution < -0.4 is 10.5 Å². The van der Waals surface area contributed by atoms with Gasteiger partial charge in [0, 0.05) is 18.1 Å². The van der Waals surface area contributed by atoms with Crippen molar-refractivity contribution in [3.8, 4) is 5.75 Å². The molecular weight excluding hydrogens is 283 g/mol. The Balaban J connectivity index is 0.00000324. The third kappa shape index (κ3) is 5.26. The summed E-state index contributed by atoms with van der Waals surface area (Å²) in [5.41, 5.74) is 6.03. The lowest BCUT2D eigenvalue weighted by molar-refractivity contribution is -0.274. The quantitative estimate of drug-likeness (QED) is 0.898. The van der Waals surface area contributed by atoms with E-state index in [4.69, 9.17) is 5.73 Å². The van der Waals surface area contributed by atoms with Crippen molar-refractivity contribution in [3.05, 3.63) is 29.8 Å². The molecule has 19 heavy (non-hydrogen) atoms. The Hall–Kier alpha value is -0.980. The minimum Gasteiger partial charge on any atom is -0.406 e. The molecule has 0 aliphatic rings. The molecule has 1 rings (SSSR count). The molecule has 0 saturated carbocycles. The summed E-state index contributed by atoms with van der Waals surface area (Å²) in [4.78, 5) is 0. The van der Waals surface area contributed by atoms with Crippen LogP contribution in [0.2, 0.25) is 0 Å². The van der Waals surface area contributed by atoms with Gasteiger partial charge in [0.15, 0.2) is 0 Å². The molecule has 0 spiro atoms. The van der Waals surface area contributed by atoms with Crippen LogP contribution in [0.25, 0.3) is 0 Å². The maximum Gasteiger partial charge on any atom is 0.573 e. The third-order valence-electron chi connectivity index (χ3n) is 2.72. The Morgan fingerprint density at radius 3 is 2.05 bits per heavy atom. The van der Waals surface area contributed by atoms with Crippen molar-refractivity contribution >= 4 is 12.4 Å². The van der Waals surface area contributed by atoms with Crippen LogP contribution in [-0.4, -0.2) is 18.1 Å². The standard InChI is InChI=1S/C12H16F3NO2.ClH/c1-11(2,7-17)10(16)8-3-5-9(6-4-8)18-12(13,14)15;/h3-6,10,17H,7,16H2,1-2H3;1H/t10-;/m0./s1. The monoisotopic (exact) mass is 299 g/mol. The molecule has 0 fully saturated rings. The summed E-state index contributed by atoms with van der Waals surface area (Å²) in [6.45, 7) is 3.44. The predicted octanol–water partition coefficient (Wildman–Crippen LogP) is 3.03. The van der Waals surface area contributed by atoms with Crippen LogP contribution in [0.5, 0.6) is 5.75 Å². The van der Waals surface area contributed by atoms with Gasteiger partial charge in [0.1, 0.15) is 5.75 Å². The van der Waals surface area contributed by atoms with Crippen molar-refractivity contribution in [2.24, 2.45) is 11.1 Å². The number of aliphatic hydroxyl groups excluding tert-OH is 1. The molecule has 3 nitrogen and oxygen atoms in total. The molecule has 0 aliphatic carbocycles. The van der Waals surface area contributed by atoms with Gasteiger partial charge in [-0.2, -0.15) is 0 Å². The molecule has 1 aromatic carbocycles. The Kier molecular flexibility index (Phi) is 6.12. The summed E-state index contributed by atoms with van der Waals surface area (Å²) in [5.74, 6) is -0.291. The molecule has 0 aliphatic heterocycles. The van der Waals surface area contributed by atoms with Crippen molar-refractivity contribution in [3.63, 3.8) is 0 Å². The molecule has 1 atom stereocenters. The fraction of sp³-hybridized carbons (Fsp3) is 0.500. The van der Waals surface area contributed by atoms with Gasteiger partial charge in [0.25, 0.3) is 0 Å². The van der Waals surface area contributed by atoms with Gasteiger partial charge in [0.2, 0.25) is 0 Å². The Labute approximate surface area is 116 Å². The summed E-state index contributed by atoms with van der Waals surface area (Å²) in [7, 11) is 0. The number of halogens is 4. The van der Waals surface area contributed by atoms with Crippen molar-refractivity contribution < 1.29 is 23.0 Å². The zero-order valence-electron chi connectivity index (χ0n) is 10.6. The van der Waals surface area contributed by atoms with E-state index >= 15 is 0 Å². The summed E-state index contributed by atoms with van der Waals surface area (Å²) in [6, 6.07) is 4.86. The number of alkyl halides is 3. The number of ether oxygens (including phenoxy) is 1. The van der Waals surface area contributed by atoms with Gasteiger partial charge in [0.05, 0.1) is 0 Å². The van der Waals surface area contributed by atoms with E-state index in [-0.39, 0.29) is 24.8 Å². The third-order valence-corrected chi connectivity index (χ3v) is 2.72. The van der Waals surface area contributed by atoms with E-state index in [9.17, 15) is 18.3 Å². The van der Waals surface area contributed by atoms with Gasteiger partial charge in [-0.1, -0.05) is 26.0 Å². The Morgan fingerprint density at radius 1 is 1.21 bits per heavy atom. The lowest BCUT2D eigenvalue weighted by atomic mass is 9.82. The lowest BCUT2D eigenvalue weighted by Gasteiger charge is -2.29. The lowest BCUT2D eigenvalue weighted by Crippen LogP contribution is -2.32. The fourth-order valence-electron chi connectivity index (χ4n) is 1.43. The van der Waals surface area contributed by atoms with Crippen molar-refractivity contribution in [1.29, 1.82) is 0 Å². The first-order valence-electron chi connectivity index (χ1n) is 5.38. The highest BCUT2D eigenvalue weighted by molar-refractivity contribution is 5.85. The van der Waals surface area contributed by atoms with E-state index in [2.05, 4.69) is 4.74 Å². The molecule has 3 N–H and O–H groups in total. The summed E-state index contributed by atoms with van der Waals surface area (Å²) in [5, 5.41) is 9.18. The van der Waals surface area contributed by atoms with E-state index in [0.717, 1.165) is 0 Å². The second-order valence-corrected chi connectivity index (χ2v) is 4.74. The Bertz CT molecular complexity index is 393. The van der Waals surface area contributed by atoms with Crippen LogP contribution in [0.4, 0.5) is 13.2 Å². The first-order chi connectivity index (χ1) is 8.15. The molecule has 0 radical (unpaired) electrons. The number of benzene rings is 1. The van der Waals surface area contributed by atoms with Gasteiger partial charge in [-0.15, -0.1) is 25.6 Å². The first kappa shape index (κ1) is 18.0. The molecule has 0 unspecified atom stereocenters. The molecule has 0 bridgehead atoms. The van der Waals surface area contributed by atoms with Gasteiger partial charge >= 0.3 is 6.36 Å². The normalized spacial score (nSPS) is 13.6. The number of hydrogen-bond acceptors (Lipinski definition) is 3. The summed E-state index contributed by atoms with van der Waals surface area (Å²) >= 11 is 0. The molecule has 0 saturated heterocycles. The van der Waals surface area contributed by atoms with Crippen LogP contribution in [0, 0.1) is 5.41 Å². The number of rotatable bonds is 4. The second-order valence-electron chi connectivity index (χ2n) is 4.74. The molecule has 0 amide bonds. The van der Waals surface area contributed by atoms with Crippen LogP contribution in [-0.2, 0) is 0 Å². The predicted molar refractivity (Wildman–Crippen MR) is 68.2 cm³/mol. The average molecular weight is 300 g/mol. The number of hydrogen-bond donors (Lipinski definition) is 2. The van der Waals surface area contributed by atoms with Crippen molar-refractivity contribution in [2.45, 2.75) is 26.3 Å². The maximum atomic E-state index is 12.0. The van der Waals surface area contributed by atoms with Gasteiger partial charge in [-0.25, -0.2) is 0 Å². The number of nitrogens with two attached hydrogens (primary N) is 1. The SMILES string of the molecule is CC(C)(CO)[C@@H](N)c1ccc(OC(F)(F)F)cc1.Cl. The molecule has 0 heterocycles. The molecule has 1 aromatic rings. The molecule has 0 aromatic heterocycles. The average Bonchev–Trinajstić information content (AvgIpc) is 2.27. The molecule has 110 valence electrons. The van der Waals surface area contributed by atoms with E-state index in [1.54, 1.807) is 13.8 Å². The van der Waals surface area contributed by atoms with E-state index in [1.807, 2.05) is 0 Å². The minimum atomic E-state index is -4.70. The number of aliphatic hydroxyl groups is 1. The van der Waals surface area contributed by atoms with Crippen molar-refractivity contribution in [2.75, 3.05) is 6.61 Å². The van der Waals surface area contributed by atoms with Crippen LogP contribution in [0.1, 0.15) is 25.5 Å². The van der Waals surface area contributed by atoms with E-state index < -0.39 is 17.8 Å². The van der Waals surface area contributed by atoms with Gasteiger partial charge in [-0.3, -0.25) is 0 Å². The van der Waals surface area contributed by atoms with Crippen LogP contribution in [0.15, 0.2) is 24.3 Å². The maximum absolute atomic E-state index is 12.0. The van der Waals surface area contributed by atoms with E-state index in [1.165, 1.54) is 24.3 Å². The minimum absolute atomic E-state index is 0. The summed E-state index contributed by atoms with van der Waals surface area (Å²) in [6.07, 6.45) is -4.70. The highest BCUT2D eigenvalue weighted by Crippen LogP contribution is 2.32. The molecular formula is C12H17ClF3NO2. The van der Waals surface area contributed by atoms with E-state index in [0.29, 0.717) is 5.56 Å². The van der Waals surface area contributed by atoms with Crippen LogP contribution >= 0.6 is 12.4 Å².